The van der Waals surface area contributed by atoms with Gasteiger partial charge in [-0.15, -0.1) is 11.3 Å². The van der Waals surface area contributed by atoms with Gasteiger partial charge < -0.3 is 5.32 Å². The maximum Gasteiger partial charge on any atom is 0.252 e. The molecule has 0 aliphatic rings. The molecule has 0 bridgehead atoms. The number of hydrogen-bond acceptors (Lipinski definition) is 5. The van der Waals surface area contributed by atoms with Crippen LogP contribution in [0.15, 0.2) is 42.6 Å². The van der Waals surface area contributed by atoms with E-state index in [1.54, 1.807) is 17.4 Å². The Kier molecular flexibility index (Phi) is 4.08. The van der Waals surface area contributed by atoms with E-state index >= 15 is 0 Å². The summed E-state index contributed by atoms with van der Waals surface area (Å²) in [4.78, 5) is 20.4. The molecular formula is C16H12N4OS. The Balaban J connectivity index is 1.57. The van der Waals surface area contributed by atoms with Gasteiger partial charge in [0.15, 0.2) is 0 Å². The van der Waals surface area contributed by atoms with Gasteiger partial charge in [-0.05, 0) is 24.3 Å². The topological polar surface area (TPSA) is 78.7 Å². The predicted octanol–water partition coefficient (Wildman–Crippen LogP) is 2.54. The van der Waals surface area contributed by atoms with Gasteiger partial charge in [0.2, 0.25) is 0 Å². The zero-order chi connectivity index (χ0) is 15.4. The van der Waals surface area contributed by atoms with E-state index in [1.165, 1.54) is 12.3 Å². The SMILES string of the molecule is N#Cc1ccc(C(=O)NCCc2nc3ccccc3s2)cn1. The molecule has 0 aliphatic heterocycles. The second-order valence-electron chi connectivity index (χ2n) is 4.63. The number of aromatic nitrogens is 2. The molecule has 5 nitrogen and oxygen atoms in total. The summed E-state index contributed by atoms with van der Waals surface area (Å²) in [6.07, 6.45) is 2.10. The highest BCUT2D eigenvalue weighted by atomic mass is 32.1. The van der Waals surface area contributed by atoms with Crippen LogP contribution in [0.1, 0.15) is 21.1 Å². The van der Waals surface area contributed by atoms with Crippen LogP contribution in [0.2, 0.25) is 0 Å². The molecule has 108 valence electrons. The quantitative estimate of drug-likeness (QED) is 0.803. The molecule has 2 aromatic heterocycles. The lowest BCUT2D eigenvalue weighted by Gasteiger charge is -2.03. The first kappa shape index (κ1) is 14.2. The lowest BCUT2D eigenvalue weighted by atomic mass is 10.2. The molecule has 1 aromatic carbocycles. The fourth-order valence-corrected chi connectivity index (χ4v) is 2.97. The molecule has 22 heavy (non-hydrogen) atoms. The molecule has 3 rings (SSSR count). The number of carbonyl (C=O) groups is 1. The van der Waals surface area contributed by atoms with E-state index in [4.69, 9.17) is 5.26 Å². The fraction of sp³-hybridized carbons (Fsp3) is 0.125. The Labute approximate surface area is 131 Å². The summed E-state index contributed by atoms with van der Waals surface area (Å²) in [5, 5.41) is 12.5. The second kappa shape index (κ2) is 6.33. The van der Waals surface area contributed by atoms with Gasteiger partial charge in [-0.3, -0.25) is 4.79 Å². The number of nitrogens with zero attached hydrogens (tertiary/aromatic N) is 3. The van der Waals surface area contributed by atoms with Crippen molar-refractivity contribution in [2.75, 3.05) is 6.54 Å². The number of benzene rings is 1. The molecule has 0 spiro atoms. The van der Waals surface area contributed by atoms with Crippen molar-refractivity contribution >= 4 is 27.5 Å². The van der Waals surface area contributed by atoms with E-state index < -0.39 is 0 Å². The van der Waals surface area contributed by atoms with Crippen LogP contribution in [0.5, 0.6) is 0 Å². The van der Waals surface area contributed by atoms with Gasteiger partial charge >= 0.3 is 0 Å². The van der Waals surface area contributed by atoms with Gasteiger partial charge in [0.1, 0.15) is 11.8 Å². The van der Waals surface area contributed by atoms with Crippen molar-refractivity contribution in [2.24, 2.45) is 0 Å². The van der Waals surface area contributed by atoms with Crippen LogP contribution in [0, 0.1) is 11.3 Å². The minimum atomic E-state index is -0.196. The van der Waals surface area contributed by atoms with Crippen LogP contribution >= 0.6 is 11.3 Å². The monoisotopic (exact) mass is 308 g/mol. The van der Waals surface area contributed by atoms with Gasteiger partial charge in [-0.1, -0.05) is 12.1 Å². The van der Waals surface area contributed by atoms with Crippen molar-refractivity contribution in [3.05, 3.63) is 58.9 Å². The standard InChI is InChI=1S/C16H12N4OS/c17-9-12-6-5-11(10-19-12)16(21)18-8-7-15-20-13-3-1-2-4-14(13)22-15/h1-6,10H,7-8H2,(H,18,21). The van der Waals surface area contributed by atoms with E-state index in [-0.39, 0.29) is 5.91 Å². The molecule has 0 radical (unpaired) electrons. The molecule has 0 saturated heterocycles. The van der Waals surface area contributed by atoms with Crippen LogP contribution in [0.3, 0.4) is 0 Å². The average Bonchev–Trinajstić information content (AvgIpc) is 2.97. The summed E-state index contributed by atoms with van der Waals surface area (Å²) in [6.45, 7) is 0.513. The molecule has 0 saturated carbocycles. The summed E-state index contributed by atoms with van der Waals surface area (Å²) < 4.78 is 1.15. The van der Waals surface area contributed by atoms with Gasteiger partial charge in [-0.2, -0.15) is 5.26 Å². The van der Waals surface area contributed by atoms with Crippen LogP contribution < -0.4 is 5.32 Å². The van der Waals surface area contributed by atoms with E-state index in [1.807, 2.05) is 30.3 Å². The molecule has 2 heterocycles. The highest BCUT2D eigenvalue weighted by Gasteiger charge is 2.07. The van der Waals surface area contributed by atoms with Crippen molar-refractivity contribution in [1.82, 2.24) is 15.3 Å². The van der Waals surface area contributed by atoms with E-state index in [2.05, 4.69) is 15.3 Å². The first-order valence-corrected chi connectivity index (χ1v) is 7.57. The molecule has 3 aromatic rings. The Bertz CT molecular complexity index is 815. The van der Waals surface area contributed by atoms with Gasteiger partial charge in [0, 0.05) is 19.2 Å². The second-order valence-corrected chi connectivity index (χ2v) is 5.74. The third-order valence-corrected chi connectivity index (χ3v) is 4.20. The lowest BCUT2D eigenvalue weighted by molar-refractivity contribution is 0.0954. The van der Waals surface area contributed by atoms with Crippen LogP contribution in [-0.4, -0.2) is 22.4 Å². The number of para-hydroxylation sites is 1. The number of rotatable bonds is 4. The molecule has 6 heteroatoms. The van der Waals surface area contributed by atoms with E-state index in [0.717, 1.165) is 15.2 Å². The Morgan fingerprint density at radius 3 is 2.86 bits per heavy atom. The largest absolute Gasteiger partial charge is 0.352 e. The third kappa shape index (κ3) is 3.10. The number of nitriles is 1. The molecule has 1 amide bonds. The zero-order valence-corrected chi connectivity index (χ0v) is 12.4. The Hall–Kier alpha value is -2.78. The molecule has 1 N–H and O–H groups in total. The molecule has 0 unspecified atom stereocenters. The summed E-state index contributed by atoms with van der Waals surface area (Å²) in [5.41, 5.74) is 1.74. The van der Waals surface area contributed by atoms with Gasteiger partial charge in [0.25, 0.3) is 5.91 Å². The third-order valence-electron chi connectivity index (χ3n) is 3.10. The molecular weight excluding hydrogens is 296 g/mol. The van der Waals surface area contributed by atoms with Crippen molar-refractivity contribution < 1.29 is 4.79 Å². The number of hydrogen-bond donors (Lipinski definition) is 1. The van der Waals surface area contributed by atoms with Crippen molar-refractivity contribution in [3.8, 4) is 6.07 Å². The number of fused-ring (bicyclic) bond motifs is 1. The van der Waals surface area contributed by atoms with Crippen molar-refractivity contribution in [2.45, 2.75) is 6.42 Å². The van der Waals surface area contributed by atoms with Crippen LogP contribution in [-0.2, 0) is 6.42 Å². The number of pyridine rings is 1. The highest BCUT2D eigenvalue weighted by Crippen LogP contribution is 2.21. The molecule has 0 fully saturated rings. The smallest absolute Gasteiger partial charge is 0.252 e. The predicted molar refractivity (Wildman–Crippen MR) is 84.6 cm³/mol. The average molecular weight is 308 g/mol. The molecule has 0 atom stereocenters. The minimum absolute atomic E-state index is 0.196. The van der Waals surface area contributed by atoms with E-state index in [9.17, 15) is 4.79 Å². The Morgan fingerprint density at radius 1 is 1.27 bits per heavy atom. The fourth-order valence-electron chi connectivity index (χ4n) is 2.01. The summed E-state index contributed by atoms with van der Waals surface area (Å²) in [5.74, 6) is -0.196. The molecule has 0 aliphatic carbocycles. The van der Waals surface area contributed by atoms with Gasteiger partial charge in [0.05, 0.1) is 20.8 Å². The number of carbonyl (C=O) groups excluding carboxylic acids is 1. The number of nitrogens with one attached hydrogen (secondary N) is 1. The van der Waals surface area contributed by atoms with Crippen LogP contribution in [0.4, 0.5) is 0 Å². The maximum atomic E-state index is 12.0. The van der Waals surface area contributed by atoms with Crippen molar-refractivity contribution in [1.29, 1.82) is 5.26 Å². The lowest BCUT2D eigenvalue weighted by Crippen LogP contribution is -2.25. The number of amides is 1. The van der Waals surface area contributed by atoms with Gasteiger partial charge in [-0.25, -0.2) is 9.97 Å². The zero-order valence-electron chi connectivity index (χ0n) is 11.6. The van der Waals surface area contributed by atoms with E-state index in [0.29, 0.717) is 24.2 Å². The Morgan fingerprint density at radius 2 is 2.14 bits per heavy atom. The van der Waals surface area contributed by atoms with Crippen LogP contribution in [0.25, 0.3) is 10.2 Å². The first-order valence-electron chi connectivity index (χ1n) is 6.75. The summed E-state index contributed by atoms with van der Waals surface area (Å²) in [7, 11) is 0. The summed E-state index contributed by atoms with van der Waals surface area (Å²) in [6, 6.07) is 13.0. The highest BCUT2D eigenvalue weighted by molar-refractivity contribution is 7.18. The van der Waals surface area contributed by atoms with Crippen molar-refractivity contribution in [3.63, 3.8) is 0 Å². The summed E-state index contributed by atoms with van der Waals surface area (Å²) >= 11 is 1.64. The normalized spacial score (nSPS) is 10.3. The maximum absolute atomic E-state index is 12.0. The minimum Gasteiger partial charge on any atom is -0.352 e. The number of thiazole rings is 1. The first-order chi connectivity index (χ1) is 10.8.